The van der Waals surface area contributed by atoms with E-state index < -0.39 is 5.97 Å². The standard InChI is InChI=1S/C18H36O5/c1-5-6-7-8-9-11-16(14-18(19-2,20-3)21-4)22-13-10-12-17-15-23-17/h16-17H,5-15H2,1-4H3. The minimum atomic E-state index is -1.01. The Labute approximate surface area is 142 Å². The molecule has 1 aliphatic rings. The second-order valence-electron chi connectivity index (χ2n) is 6.29. The number of hydrogen-bond acceptors (Lipinski definition) is 5. The van der Waals surface area contributed by atoms with Gasteiger partial charge < -0.3 is 23.7 Å². The summed E-state index contributed by atoms with van der Waals surface area (Å²) in [6.45, 7) is 3.91. The van der Waals surface area contributed by atoms with Gasteiger partial charge in [0.2, 0.25) is 0 Å². The van der Waals surface area contributed by atoms with Crippen LogP contribution in [0.25, 0.3) is 0 Å². The predicted octanol–water partition coefficient (Wildman–Crippen LogP) is 3.89. The van der Waals surface area contributed by atoms with Crippen LogP contribution in [0.2, 0.25) is 0 Å². The van der Waals surface area contributed by atoms with E-state index in [0.717, 1.165) is 32.5 Å². The summed E-state index contributed by atoms with van der Waals surface area (Å²) in [6, 6.07) is 0. The van der Waals surface area contributed by atoms with Crippen LogP contribution in [-0.4, -0.2) is 52.7 Å². The molecule has 2 atom stereocenters. The maximum Gasteiger partial charge on any atom is 0.284 e. The highest BCUT2D eigenvalue weighted by Gasteiger charge is 2.33. The average Bonchev–Trinajstić information content (AvgIpc) is 3.40. The van der Waals surface area contributed by atoms with Gasteiger partial charge in [-0.15, -0.1) is 0 Å². The molecule has 0 aromatic rings. The monoisotopic (exact) mass is 332 g/mol. The van der Waals surface area contributed by atoms with E-state index in [9.17, 15) is 0 Å². The maximum atomic E-state index is 6.09. The maximum absolute atomic E-state index is 6.09. The molecule has 0 aromatic carbocycles. The molecule has 1 aliphatic heterocycles. The number of epoxide rings is 1. The van der Waals surface area contributed by atoms with Crippen molar-refractivity contribution in [2.45, 2.75) is 82.9 Å². The van der Waals surface area contributed by atoms with Crippen LogP contribution in [0, 0.1) is 0 Å². The van der Waals surface area contributed by atoms with Crippen LogP contribution in [0.3, 0.4) is 0 Å². The first-order chi connectivity index (χ1) is 11.2. The molecule has 0 amide bonds. The molecule has 5 nitrogen and oxygen atoms in total. The van der Waals surface area contributed by atoms with Gasteiger partial charge in [0.1, 0.15) is 0 Å². The summed E-state index contributed by atoms with van der Waals surface area (Å²) in [4.78, 5) is 0. The molecular formula is C18H36O5. The number of methoxy groups -OCH3 is 3. The van der Waals surface area contributed by atoms with Gasteiger partial charge in [0.05, 0.1) is 25.2 Å². The fraction of sp³-hybridized carbons (Fsp3) is 1.00. The molecule has 0 aromatic heterocycles. The second kappa shape index (κ2) is 12.2. The van der Waals surface area contributed by atoms with Gasteiger partial charge in [0.15, 0.2) is 0 Å². The van der Waals surface area contributed by atoms with Gasteiger partial charge in [-0.25, -0.2) is 0 Å². The van der Waals surface area contributed by atoms with Gasteiger partial charge in [-0.1, -0.05) is 39.0 Å². The van der Waals surface area contributed by atoms with Crippen LogP contribution in [0.15, 0.2) is 0 Å². The van der Waals surface area contributed by atoms with E-state index in [2.05, 4.69) is 6.92 Å². The minimum Gasteiger partial charge on any atom is -0.378 e. The summed E-state index contributed by atoms with van der Waals surface area (Å²) < 4.78 is 27.6. The third kappa shape index (κ3) is 9.01. The summed E-state index contributed by atoms with van der Waals surface area (Å²) in [5, 5.41) is 0. The summed E-state index contributed by atoms with van der Waals surface area (Å²) >= 11 is 0. The lowest BCUT2D eigenvalue weighted by atomic mass is 10.0. The summed E-state index contributed by atoms with van der Waals surface area (Å²) in [5.41, 5.74) is 0. The Kier molecular flexibility index (Phi) is 11.1. The molecule has 1 heterocycles. The fourth-order valence-electron chi connectivity index (χ4n) is 2.79. The van der Waals surface area contributed by atoms with E-state index in [0.29, 0.717) is 12.5 Å². The molecule has 1 fully saturated rings. The minimum absolute atomic E-state index is 0.0941. The van der Waals surface area contributed by atoms with Crippen molar-refractivity contribution in [3.05, 3.63) is 0 Å². The average molecular weight is 332 g/mol. The number of rotatable bonds is 16. The Morgan fingerprint density at radius 1 is 1.00 bits per heavy atom. The third-order valence-corrected chi connectivity index (χ3v) is 4.47. The van der Waals surface area contributed by atoms with Gasteiger partial charge in [-0.05, 0) is 19.3 Å². The van der Waals surface area contributed by atoms with E-state index in [4.69, 9.17) is 23.7 Å². The fourth-order valence-corrected chi connectivity index (χ4v) is 2.79. The van der Waals surface area contributed by atoms with Crippen molar-refractivity contribution >= 4 is 0 Å². The molecule has 5 heteroatoms. The first kappa shape index (κ1) is 20.8. The molecule has 23 heavy (non-hydrogen) atoms. The predicted molar refractivity (Wildman–Crippen MR) is 90.5 cm³/mol. The number of unbranched alkanes of at least 4 members (excludes halogenated alkanes) is 4. The van der Waals surface area contributed by atoms with Crippen molar-refractivity contribution in [2.75, 3.05) is 34.5 Å². The first-order valence-electron chi connectivity index (χ1n) is 9.08. The Morgan fingerprint density at radius 2 is 1.65 bits per heavy atom. The summed E-state index contributed by atoms with van der Waals surface area (Å²) in [5.74, 6) is -1.01. The van der Waals surface area contributed by atoms with Crippen molar-refractivity contribution in [2.24, 2.45) is 0 Å². The molecule has 2 unspecified atom stereocenters. The van der Waals surface area contributed by atoms with E-state index in [-0.39, 0.29) is 6.10 Å². The van der Waals surface area contributed by atoms with Crippen LogP contribution in [0.4, 0.5) is 0 Å². The topological polar surface area (TPSA) is 49.5 Å². The molecule has 0 N–H and O–H groups in total. The molecule has 0 bridgehead atoms. The lowest BCUT2D eigenvalue weighted by molar-refractivity contribution is -0.362. The molecule has 0 aliphatic carbocycles. The SMILES string of the molecule is CCCCCCCC(CC(OC)(OC)OC)OCCCC1CO1. The second-order valence-corrected chi connectivity index (χ2v) is 6.29. The van der Waals surface area contributed by atoms with Crippen LogP contribution < -0.4 is 0 Å². The highest BCUT2D eigenvalue weighted by molar-refractivity contribution is 4.70. The largest absolute Gasteiger partial charge is 0.378 e. The molecule has 0 radical (unpaired) electrons. The van der Waals surface area contributed by atoms with Crippen molar-refractivity contribution in [3.63, 3.8) is 0 Å². The van der Waals surface area contributed by atoms with Crippen LogP contribution in [0.5, 0.6) is 0 Å². The summed E-state index contributed by atoms with van der Waals surface area (Å²) in [7, 11) is 4.82. The zero-order chi connectivity index (χ0) is 17.0. The van der Waals surface area contributed by atoms with Crippen molar-refractivity contribution in [1.82, 2.24) is 0 Å². The van der Waals surface area contributed by atoms with E-state index >= 15 is 0 Å². The molecule has 1 rings (SSSR count). The van der Waals surface area contributed by atoms with E-state index in [1.165, 1.54) is 32.1 Å². The van der Waals surface area contributed by atoms with Gasteiger partial charge in [0.25, 0.3) is 5.97 Å². The van der Waals surface area contributed by atoms with Gasteiger partial charge >= 0.3 is 0 Å². The molecular weight excluding hydrogens is 296 g/mol. The zero-order valence-corrected chi connectivity index (χ0v) is 15.5. The normalized spacial score (nSPS) is 19.0. The van der Waals surface area contributed by atoms with Crippen molar-refractivity contribution < 1.29 is 23.7 Å². The van der Waals surface area contributed by atoms with Crippen molar-refractivity contribution in [3.8, 4) is 0 Å². The lowest BCUT2D eigenvalue weighted by Crippen LogP contribution is -2.40. The van der Waals surface area contributed by atoms with Crippen LogP contribution in [0.1, 0.15) is 64.7 Å². The smallest absolute Gasteiger partial charge is 0.284 e. The Morgan fingerprint density at radius 3 is 2.22 bits per heavy atom. The number of ether oxygens (including phenoxy) is 5. The number of hydrogen-bond donors (Lipinski definition) is 0. The van der Waals surface area contributed by atoms with Gasteiger partial charge in [-0.2, -0.15) is 0 Å². The van der Waals surface area contributed by atoms with E-state index in [1.54, 1.807) is 21.3 Å². The molecule has 1 saturated heterocycles. The lowest BCUT2D eigenvalue weighted by Gasteiger charge is -2.32. The first-order valence-corrected chi connectivity index (χ1v) is 9.08. The van der Waals surface area contributed by atoms with E-state index in [1.807, 2.05) is 0 Å². The Hall–Kier alpha value is -0.200. The third-order valence-electron chi connectivity index (χ3n) is 4.47. The highest BCUT2D eigenvalue weighted by atomic mass is 16.9. The summed E-state index contributed by atoms with van der Waals surface area (Å²) in [6.07, 6.45) is 10.6. The Balaban J connectivity index is 2.34. The Bertz CT molecular complexity index is 268. The zero-order valence-electron chi connectivity index (χ0n) is 15.5. The molecule has 0 spiro atoms. The highest BCUT2D eigenvalue weighted by Crippen LogP contribution is 2.25. The molecule has 138 valence electrons. The van der Waals surface area contributed by atoms with Crippen molar-refractivity contribution in [1.29, 1.82) is 0 Å². The quantitative estimate of drug-likeness (QED) is 0.244. The molecule has 0 saturated carbocycles. The van der Waals surface area contributed by atoms with Gasteiger partial charge in [0, 0.05) is 27.9 Å². The van der Waals surface area contributed by atoms with Crippen LogP contribution >= 0.6 is 0 Å². The van der Waals surface area contributed by atoms with Crippen LogP contribution in [-0.2, 0) is 23.7 Å². The van der Waals surface area contributed by atoms with Gasteiger partial charge in [-0.3, -0.25) is 0 Å².